The van der Waals surface area contributed by atoms with Crippen molar-refractivity contribution >= 4 is 45.2 Å². The maximum Gasteiger partial charge on any atom is 0.341 e. The molecule has 1 aliphatic rings. The van der Waals surface area contributed by atoms with Crippen molar-refractivity contribution in [1.82, 2.24) is 15.0 Å². The van der Waals surface area contributed by atoms with Crippen LogP contribution in [0.1, 0.15) is 72.2 Å². The highest BCUT2D eigenvalue weighted by molar-refractivity contribution is 7.17. The fraction of sp³-hybridized carbons (Fsp3) is 0.387. The normalized spacial score (nSPS) is 15.7. The van der Waals surface area contributed by atoms with Crippen molar-refractivity contribution < 1.29 is 23.9 Å². The number of carbonyl (C=O) groups excluding carboxylic acids is 3. The molecule has 2 N–H and O–H groups in total. The number of imidazole rings is 1. The van der Waals surface area contributed by atoms with E-state index in [2.05, 4.69) is 41.0 Å². The second-order valence-corrected chi connectivity index (χ2v) is 12.4. The van der Waals surface area contributed by atoms with E-state index >= 15 is 0 Å². The smallest absolute Gasteiger partial charge is 0.341 e. The number of fused-ring (bicyclic) bond motifs is 2. The molecule has 1 aliphatic carbocycles. The minimum absolute atomic E-state index is 0.136. The van der Waals surface area contributed by atoms with E-state index in [1.54, 1.807) is 37.5 Å². The highest BCUT2D eigenvalue weighted by atomic mass is 32.1. The lowest BCUT2D eigenvalue weighted by Gasteiger charge is -2.33. The van der Waals surface area contributed by atoms with Gasteiger partial charge < -0.3 is 19.8 Å². The average molecular weight is 575 g/mol. The molecule has 0 aliphatic heterocycles. The van der Waals surface area contributed by atoms with Crippen LogP contribution in [0.25, 0.3) is 22.4 Å². The zero-order valence-electron chi connectivity index (χ0n) is 23.9. The number of hydrogen-bond donors (Lipinski definition) is 2. The van der Waals surface area contributed by atoms with Gasteiger partial charge in [0.1, 0.15) is 10.8 Å². The number of esters is 2. The predicted octanol–water partition coefficient (Wildman–Crippen LogP) is 6.20. The van der Waals surface area contributed by atoms with Crippen LogP contribution in [0, 0.1) is 11.3 Å². The minimum atomic E-state index is -1.09. The third-order valence-corrected chi connectivity index (χ3v) is 8.68. The first-order chi connectivity index (χ1) is 19.5. The standard InChI is InChI=1S/C31H34N4O5S/c1-6-39-30(38)25-21-11-10-20(31(3,4)5)15-24(21)41-28(25)35-27(36)17(2)40-29(37)18-9-12-22-23(14-18)34-26(33-22)19-8-7-13-32-16-19/h7-9,12-14,16-17,20H,6,10-11,15H2,1-5H3,(H,33,34)(H,35,36). The van der Waals surface area contributed by atoms with Gasteiger partial charge in [0.2, 0.25) is 0 Å². The molecule has 9 nitrogen and oxygen atoms in total. The molecule has 0 bridgehead atoms. The number of aromatic nitrogens is 3. The van der Waals surface area contributed by atoms with Gasteiger partial charge in [0.15, 0.2) is 6.10 Å². The van der Waals surface area contributed by atoms with Crippen LogP contribution in [0.2, 0.25) is 0 Å². The van der Waals surface area contributed by atoms with Crippen molar-refractivity contribution in [2.24, 2.45) is 11.3 Å². The van der Waals surface area contributed by atoms with Crippen molar-refractivity contribution in [1.29, 1.82) is 0 Å². The largest absolute Gasteiger partial charge is 0.462 e. The van der Waals surface area contributed by atoms with E-state index in [1.807, 2.05) is 12.1 Å². The van der Waals surface area contributed by atoms with Gasteiger partial charge in [-0.1, -0.05) is 20.8 Å². The number of nitrogens with zero attached hydrogens (tertiary/aromatic N) is 2. The molecule has 4 aromatic rings. The van der Waals surface area contributed by atoms with Crippen LogP contribution in [-0.2, 0) is 27.1 Å². The Labute approximate surface area is 242 Å². The summed E-state index contributed by atoms with van der Waals surface area (Å²) < 4.78 is 10.9. The fourth-order valence-corrected chi connectivity index (χ4v) is 6.42. The Kier molecular flexibility index (Phi) is 7.95. The summed E-state index contributed by atoms with van der Waals surface area (Å²) in [5.74, 6) is -0.499. The number of amides is 1. The molecule has 5 rings (SSSR count). The van der Waals surface area contributed by atoms with Gasteiger partial charge in [-0.2, -0.15) is 0 Å². The van der Waals surface area contributed by atoms with Gasteiger partial charge in [0.05, 0.1) is 28.8 Å². The second kappa shape index (κ2) is 11.4. The summed E-state index contributed by atoms with van der Waals surface area (Å²) in [5, 5.41) is 3.29. The van der Waals surface area contributed by atoms with Gasteiger partial charge in [0, 0.05) is 22.8 Å². The number of H-pyrrole nitrogens is 1. The third kappa shape index (κ3) is 6.02. The molecule has 3 aromatic heterocycles. The number of carbonyl (C=O) groups is 3. The molecule has 1 amide bonds. The number of aromatic amines is 1. The van der Waals surface area contributed by atoms with E-state index in [-0.39, 0.29) is 17.6 Å². The van der Waals surface area contributed by atoms with Crippen LogP contribution < -0.4 is 5.32 Å². The molecule has 0 fully saturated rings. The maximum atomic E-state index is 13.2. The number of nitrogens with one attached hydrogen (secondary N) is 2. The number of hydrogen-bond acceptors (Lipinski definition) is 8. The predicted molar refractivity (Wildman–Crippen MR) is 158 cm³/mol. The van der Waals surface area contributed by atoms with Crippen LogP contribution in [0.15, 0.2) is 42.7 Å². The zero-order valence-corrected chi connectivity index (χ0v) is 24.7. The highest BCUT2D eigenvalue weighted by Gasteiger charge is 2.35. The van der Waals surface area contributed by atoms with Crippen LogP contribution in [-0.4, -0.2) is 45.5 Å². The van der Waals surface area contributed by atoms with Gasteiger partial charge in [-0.25, -0.2) is 14.6 Å². The molecule has 214 valence electrons. The van der Waals surface area contributed by atoms with E-state index in [4.69, 9.17) is 9.47 Å². The fourth-order valence-electron chi connectivity index (χ4n) is 5.10. The Morgan fingerprint density at radius 2 is 2.00 bits per heavy atom. The molecule has 10 heteroatoms. The molecule has 0 spiro atoms. The van der Waals surface area contributed by atoms with Crippen LogP contribution in [0.3, 0.4) is 0 Å². The molecular weight excluding hydrogens is 540 g/mol. The molecule has 41 heavy (non-hydrogen) atoms. The van der Waals surface area contributed by atoms with E-state index in [0.29, 0.717) is 33.3 Å². The first-order valence-corrected chi connectivity index (χ1v) is 14.6. The third-order valence-electron chi connectivity index (χ3n) is 7.51. The highest BCUT2D eigenvalue weighted by Crippen LogP contribution is 2.44. The van der Waals surface area contributed by atoms with Crippen molar-refractivity contribution in [2.75, 3.05) is 11.9 Å². The second-order valence-electron chi connectivity index (χ2n) is 11.3. The van der Waals surface area contributed by atoms with Crippen LogP contribution in [0.4, 0.5) is 5.00 Å². The molecule has 2 atom stereocenters. The van der Waals surface area contributed by atoms with Gasteiger partial charge in [-0.3, -0.25) is 9.78 Å². The number of pyridine rings is 1. The summed E-state index contributed by atoms with van der Waals surface area (Å²) in [6.45, 7) is 10.2. The Morgan fingerprint density at radius 1 is 1.20 bits per heavy atom. The quantitative estimate of drug-likeness (QED) is 0.252. The molecule has 0 saturated carbocycles. The SMILES string of the molecule is CCOC(=O)c1c(NC(=O)C(C)OC(=O)c2ccc3nc(-c4cccnc4)[nH]c3c2)sc2c1CCC(C(C)(C)C)C2. The van der Waals surface area contributed by atoms with Crippen molar-refractivity contribution in [3.63, 3.8) is 0 Å². The Balaban J connectivity index is 1.31. The van der Waals surface area contributed by atoms with E-state index < -0.39 is 23.9 Å². The monoisotopic (exact) mass is 574 g/mol. The van der Waals surface area contributed by atoms with Gasteiger partial charge in [0.25, 0.3) is 5.91 Å². The van der Waals surface area contributed by atoms with Gasteiger partial charge >= 0.3 is 11.9 Å². The van der Waals surface area contributed by atoms with Gasteiger partial charge in [-0.15, -0.1) is 11.3 Å². The number of thiophene rings is 1. The molecular formula is C31H34N4O5S. The molecule has 0 saturated heterocycles. The molecule has 3 heterocycles. The summed E-state index contributed by atoms with van der Waals surface area (Å²) >= 11 is 1.41. The molecule has 1 aromatic carbocycles. The number of benzene rings is 1. The van der Waals surface area contributed by atoms with E-state index in [0.717, 1.165) is 35.3 Å². The lowest BCUT2D eigenvalue weighted by atomic mass is 9.72. The van der Waals surface area contributed by atoms with E-state index in [9.17, 15) is 14.4 Å². The summed E-state index contributed by atoms with van der Waals surface area (Å²) in [6, 6.07) is 8.69. The van der Waals surface area contributed by atoms with Crippen LogP contribution >= 0.6 is 11.3 Å². The minimum Gasteiger partial charge on any atom is -0.462 e. The zero-order chi connectivity index (χ0) is 29.3. The topological polar surface area (TPSA) is 123 Å². The van der Waals surface area contributed by atoms with Crippen molar-refractivity contribution in [2.45, 2.75) is 60.0 Å². The van der Waals surface area contributed by atoms with Gasteiger partial charge in [-0.05, 0) is 80.3 Å². The summed E-state index contributed by atoms with van der Waals surface area (Å²) in [7, 11) is 0. The van der Waals surface area contributed by atoms with Crippen molar-refractivity contribution in [3.05, 3.63) is 64.3 Å². The molecule has 2 unspecified atom stereocenters. The Morgan fingerprint density at radius 3 is 2.71 bits per heavy atom. The average Bonchev–Trinajstić information content (AvgIpc) is 3.53. The Hall–Kier alpha value is -4.05. The first-order valence-electron chi connectivity index (χ1n) is 13.8. The summed E-state index contributed by atoms with van der Waals surface area (Å²) in [4.78, 5) is 52.0. The summed E-state index contributed by atoms with van der Waals surface area (Å²) in [6.07, 6.45) is 4.85. The number of ether oxygens (including phenoxy) is 2. The maximum absolute atomic E-state index is 13.2. The van der Waals surface area contributed by atoms with E-state index in [1.165, 1.54) is 18.3 Å². The first kappa shape index (κ1) is 28.5. The number of rotatable bonds is 7. The van der Waals surface area contributed by atoms with Crippen LogP contribution in [0.5, 0.6) is 0 Å². The summed E-state index contributed by atoms with van der Waals surface area (Å²) in [5.41, 5.74) is 3.96. The molecule has 0 radical (unpaired) electrons. The number of anilines is 1. The Bertz CT molecular complexity index is 1600. The van der Waals surface area contributed by atoms with Crippen molar-refractivity contribution in [3.8, 4) is 11.4 Å². The lowest BCUT2D eigenvalue weighted by molar-refractivity contribution is -0.123. The lowest BCUT2D eigenvalue weighted by Crippen LogP contribution is -2.30.